The Morgan fingerprint density at radius 3 is 2.61 bits per heavy atom. The highest BCUT2D eigenvalue weighted by molar-refractivity contribution is 9.10. The lowest BCUT2D eigenvalue weighted by Crippen LogP contribution is -1.89. The van der Waals surface area contributed by atoms with Gasteiger partial charge in [0.2, 0.25) is 0 Å². The van der Waals surface area contributed by atoms with E-state index in [1.807, 2.05) is 0 Å². The van der Waals surface area contributed by atoms with E-state index in [-0.39, 0.29) is 0 Å². The van der Waals surface area contributed by atoms with Gasteiger partial charge in [0.05, 0.1) is 16.2 Å². The Balaban J connectivity index is 2.30. The molecule has 0 spiro atoms. The number of nitrogens with zero attached hydrogens (tertiary/aromatic N) is 1. The minimum absolute atomic E-state index is 0.374. The summed E-state index contributed by atoms with van der Waals surface area (Å²) in [5.41, 5.74) is 0.869. The first-order chi connectivity index (χ1) is 8.60. The maximum absolute atomic E-state index is 6.06. The lowest BCUT2D eigenvalue weighted by molar-refractivity contribution is 0.480. The van der Waals surface area contributed by atoms with Crippen molar-refractivity contribution in [2.75, 3.05) is 0 Å². The summed E-state index contributed by atoms with van der Waals surface area (Å²) in [6.07, 6.45) is 3.26. The van der Waals surface area contributed by atoms with Gasteiger partial charge in [-0.05, 0) is 33.6 Å². The van der Waals surface area contributed by atoms with E-state index >= 15 is 0 Å². The molecule has 0 unspecified atom stereocenters. The molecule has 0 saturated carbocycles. The van der Waals surface area contributed by atoms with Gasteiger partial charge >= 0.3 is 0 Å². The van der Waals surface area contributed by atoms with Crippen LogP contribution in [0, 0.1) is 0 Å². The molecule has 0 aliphatic rings. The summed E-state index contributed by atoms with van der Waals surface area (Å²) in [4.78, 5) is 4.03. The first-order valence-corrected chi connectivity index (χ1v) is 7.01. The van der Waals surface area contributed by atoms with Crippen LogP contribution in [0.25, 0.3) is 0 Å². The zero-order valence-corrected chi connectivity index (χ0v) is 12.8. The number of hydrogen-bond donors (Lipinski definition) is 0. The summed E-state index contributed by atoms with van der Waals surface area (Å²) in [5, 5.41) is 0.985. The van der Waals surface area contributed by atoms with Crippen molar-refractivity contribution < 1.29 is 4.74 Å². The Hall–Kier alpha value is -0.480. The number of ether oxygens (including phenoxy) is 1. The summed E-state index contributed by atoms with van der Waals surface area (Å²) < 4.78 is 6.35. The fourth-order valence-electron chi connectivity index (χ4n) is 1.30. The van der Waals surface area contributed by atoms with Crippen molar-refractivity contribution in [2.24, 2.45) is 0 Å². The molecule has 0 saturated heterocycles. The molecule has 0 aliphatic carbocycles. The van der Waals surface area contributed by atoms with Crippen LogP contribution in [-0.2, 0) is 5.88 Å². The fourth-order valence-corrected chi connectivity index (χ4v) is 2.28. The molecule has 0 bridgehead atoms. The third-order valence-electron chi connectivity index (χ3n) is 2.13. The van der Waals surface area contributed by atoms with Crippen molar-refractivity contribution in [1.29, 1.82) is 0 Å². The van der Waals surface area contributed by atoms with Gasteiger partial charge in [0.1, 0.15) is 11.5 Å². The molecule has 0 N–H and O–H groups in total. The number of aromatic nitrogens is 1. The van der Waals surface area contributed by atoms with Crippen LogP contribution in [0.5, 0.6) is 11.5 Å². The van der Waals surface area contributed by atoms with Crippen LogP contribution < -0.4 is 4.74 Å². The number of rotatable bonds is 3. The van der Waals surface area contributed by atoms with Crippen LogP contribution in [0.15, 0.2) is 35.1 Å². The van der Waals surface area contributed by atoms with Crippen LogP contribution in [0.4, 0.5) is 0 Å². The van der Waals surface area contributed by atoms with E-state index in [0.717, 1.165) is 5.56 Å². The molecular formula is C12H7BrCl3NO. The number of halogens is 4. The van der Waals surface area contributed by atoms with E-state index in [2.05, 4.69) is 20.9 Å². The second-order valence-corrected chi connectivity index (χ2v) is 5.40. The van der Waals surface area contributed by atoms with Crippen LogP contribution in [0.1, 0.15) is 5.56 Å². The summed E-state index contributed by atoms with van der Waals surface area (Å²) in [6, 6.07) is 5.12. The van der Waals surface area contributed by atoms with Gasteiger partial charge in [0.15, 0.2) is 0 Å². The zero-order valence-electron chi connectivity index (χ0n) is 8.96. The summed E-state index contributed by atoms with van der Waals surface area (Å²) in [6.45, 7) is 0. The van der Waals surface area contributed by atoms with E-state index in [9.17, 15) is 0 Å². The van der Waals surface area contributed by atoms with Gasteiger partial charge < -0.3 is 4.74 Å². The number of benzene rings is 1. The van der Waals surface area contributed by atoms with E-state index in [1.54, 1.807) is 30.6 Å². The Morgan fingerprint density at radius 2 is 1.89 bits per heavy atom. The Bertz CT molecular complexity index is 577. The molecule has 0 atom stereocenters. The standard InChI is InChI=1S/C12H7BrCl3NO/c13-9-2-11(16)12(3-10(9)15)18-8-1-7(4-14)5-17-6-8/h1-3,5-6H,4H2. The third kappa shape index (κ3) is 3.29. The Morgan fingerprint density at radius 1 is 1.11 bits per heavy atom. The van der Waals surface area contributed by atoms with E-state index in [4.69, 9.17) is 39.5 Å². The normalized spacial score (nSPS) is 10.4. The van der Waals surface area contributed by atoms with Crippen molar-refractivity contribution >= 4 is 50.7 Å². The highest BCUT2D eigenvalue weighted by Gasteiger charge is 2.08. The highest BCUT2D eigenvalue weighted by Crippen LogP contribution is 2.36. The molecule has 0 amide bonds. The van der Waals surface area contributed by atoms with Crippen molar-refractivity contribution in [1.82, 2.24) is 4.98 Å². The molecule has 2 nitrogen and oxygen atoms in total. The van der Waals surface area contributed by atoms with Crippen molar-refractivity contribution in [3.05, 3.63) is 50.7 Å². The Kier molecular flexibility index (Phi) is 4.73. The maximum atomic E-state index is 6.06. The van der Waals surface area contributed by atoms with Crippen LogP contribution in [-0.4, -0.2) is 4.98 Å². The van der Waals surface area contributed by atoms with Gasteiger partial charge in [-0.25, -0.2) is 0 Å². The van der Waals surface area contributed by atoms with Crippen molar-refractivity contribution in [2.45, 2.75) is 5.88 Å². The number of alkyl halides is 1. The molecule has 0 fully saturated rings. The summed E-state index contributed by atoms with van der Waals surface area (Å²) in [7, 11) is 0. The minimum atomic E-state index is 0.374. The first kappa shape index (κ1) is 13.9. The van der Waals surface area contributed by atoms with E-state index in [1.165, 1.54) is 0 Å². The molecule has 1 heterocycles. The molecule has 18 heavy (non-hydrogen) atoms. The highest BCUT2D eigenvalue weighted by atomic mass is 79.9. The molecule has 1 aromatic carbocycles. The van der Waals surface area contributed by atoms with Gasteiger partial charge in [-0.15, -0.1) is 11.6 Å². The largest absolute Gasteiger partial charge is 0.454 e. The Labute approximate surface area is 128 Å². The first-order valence-electron chi connectivity index (χ1n) is 4.92. The zero-order chi connectivity index (χ0) is 13.1. The lowest BCUT2D eigenvalue weighted by atomic mass is 10.3. The van der Waals surface area contributed by atoms with Crippen molar-refractivity contribution in [3.63, 3.8) is 0 Å². The monoisotopic (exact) mass is 365 g/mol. The number of hydrogen-bond acceptors (Lipinski definition) is 2. The maximum Gasteiger partial charge on any atom is 0.147 e. The van der Waals surface area contributed by atoms with Gasteiger partial charge in [-0.2, -0.15) is 0 Å². The van der Waals surface area contributed by atoms with Gasteiger partial charge in [-0.3, -0.25) is 4.98 Å². The average Bonchev–Trinajstić information content (AvgIpc) is 2.36. The molecular weight excluding hydrogens is 360 g/mol. The number of pyridine rings is 1. The van der Waals surface area contributed by atoms with E-state index < -0.39 is 0 Å². The summed E-state index contributed by atoms with van der Waals surface area (Å²) >= 11 is 21.1. The average molecular weight is 367 g/mol. The summed E-state index contributed by atoms with van der Waals surface area (Å²) in [5.74, 6) is 1.41. The SMILES string of the molecule is ClCc1cncc(Oc2cc(Cl)c(Br)cc2Cl)c1. The minimum Gasteiger partial charge on any atom is -0.454 e. The second kappa shape index (κ2) is 6.11. The molecule has 94 valence electrons. The van der Waals surface area contributed by atoms with Crippen LogP contribution in [0.3, 0.4) is 0 Å². The topological polar surface area (TPSA) is 22.1 Å². The third-order valence-corrected chi connectivity index (χ3v) is 3.93. The van der Waals surface area contributed by atoms with Crippen LogP contribution in [0.2, 0.25) is 10.0 Å². The lowest BCUT2D eigenvalue weighted by Gasteiger charge is -2.09. The van der Waals surface area contributed by atoms with E-state index in [0.29, 0.717) is 31.9 Å². The predicted molar refractivity (Wildman–Crippen MR) is 78.0 cm³/mol. The van der Waals surface area contributed by atoms with Crippen molar-refractivity contribution in [3.8, 4) is 11.5 Å². The molecule has 6 heteroatoms. The fraction of sp³-hybridized carbons (Fsp3) is 0.0833. The molecule has 2 rings (SSSR count). The smallest absolute Gasteiger partial charge is 0.147 e. The van der Waals surface area contributed by atoms with Crippen LogP contribution >= 0.6 is 50.7 Å². The molecule has 0 aliphatic heterocycles. The van der Waals surface area contributed by atoms with Gasteiger partial charge in [-0.1, -0.05) is 23.2 Å². The quantitative estimate of drug-likeness (QED) is 0.514. The van der Waals surface area contributed by atoms with Gasteiger partial charge in [0.25, 0.3) is 0 Å². The predicted octanol–water partition coefficient (Wildman–Crippen LogP) is 5.68. The molecule has 1 aromatic heterocycles. The second-order valence-electron chi connectivity index (χ2n) is 3.46. The molecule has 0 radical (unpaired) electrons. The van der Waals surface area contributed by atoms with Gasteiger partial charge in [0, 0.05) is 22.6 Å². The molecule has 2 aromatic rings.